The Morgan fingerprint density at radius 2 is 2.00 bits per heavy atom. The van der Waals surface area contributed by atoms with Gasteiger partial charge in [-0.15, -0.1) is 10.2 Å². The molecule has 0 atom stereocenters. The summed E-state index contributed by atoms with van der Waals surface area (Å²) in [4.78, 5) is 13.6. The molecule has 3 aromatic rings. The minimum Gasteiger partial charge on any atom is -0.497 e. The predicted octanol–water partition coefficient (Wildman–Crippen LogP) is 2.89. The largest absolute Gasteiger partial charge is 0.497 e. The van der Waals surface area contributed by atoms with E-state index in [1.165, 1.54) is 11.9 Å². The van der Waals surface area contributed by atoms with Crippen molar-refractivity contribution < 1.29 is 14.3 Å². The molecule has 0 aliphatic carbocycles. The maximum atomic E-state index is 12.4. The van der Waals surface area contributed by atoms with Gasteiger partial charge in [-0.2, -0.15) is 4.80 Å². The van der Waals surface area contributed by atoms with Gasteiger partial charge in [0.1, 0.15) is 18.0 Å². The van der Waals surface area contributed by atoms with Crippen LogP contribution in [0.5, 0.6) is 11.5 Å². The van der Waals surface area contributed by atoms with Gasteiger partial charge in [-0.25, -0.2) is 0 Å². The molecule has 0 saturated heterocycles. The number of ether oxygens (including phenoxy) is 2. The number of benzene rings is 2. The van der Waals surface area contributed by atoms with Gasteiger partial charge < -0.3 is 9.47 Å². The van der Waals surface area contributed by atoms with Crippen LogP contribution >= 0.6 is 11.6 Å². The Bertz CT molecular complexity index is 910. The molecule has 8 heteroatoms. The summed E-state index contributed by atoms with van der Waals surface area (Å²) in [5.74, 6) is 1.44. The number of carbonyl (C=O) groups is 1. The lowest BCUT2D eigenvalue weighted by Crippen LogP contribution is -2.13. The van der Waals surface area contributed by atoms with E-state index in [4.69, 9.17) is 21.1 Å². The van der Waals surface area contributed by atoms with E-state index >= 15 is 0 Å². The van der Waals surface area contributed by atoms with Crippen molar-refractivity contribution in [2.75, 3.05) is 14.2 Å². The second kappa shape index (κ2) is 7.31. The molecule has 0 aliphatic heterocycles. The highest BCUT2D eigenvalue weighted by Gasteiger charge is 2.13. The summed E-state index contributed by atoms with van der Waals surface area (Å²) in [6.45, 7) is -0.0420. The normalized spacial score (nSPS) is 10.5. The van der Waals surface area contributed by atoms with E-state index in [9.17, 15) is 4.79 Å². The molecule has 0 fully saturated rings. The van der Waals surface area contributed by atoms with Crippen LogP contribution in [-0.2, 0) is 6.54 Å². The van der Waals surface area contributed by atoms with Crippen LogP contribution in [0.2, 0.25) is 5.02 Å². The molecule has 128 valence electrons. The van der Waals surface area contributed by atoms with Gasteiger partial charge in [-0.3, -0.25) is 4.79 Å². The topological polar surface area (TPSA) is 79.1 Å². The zero-order valence-electron chi connectivity index (χ0n) is 13.6. The summed E-state index contributed by atoms with van der Waals surface area (Å²) in [7, 11) is 3.10. The Kier molecular flexibility index (Phi) is 4.95. The van der Waals surface area contributed by atoms with Crippen molar-refractivity contribution >= 4 is 17.4 Å². The van der Waals surface area contributed by atoms with Gasteiger partial charge in [0, 0.05) is 11.1 Å². The molecule has 7 nitrogen and oxygen atoms in total. The van der Waals surface area contributed by atoms with Gasteiger partial charge in [0.2, 0.25) is 5.82 Å². The number of Topliss-reactive ketones (excluding diaryl/α,β-unsaturated/α-hetero) is 1. The van der Waals surface area contributed by atoms with Crippen LogP contribution in [0.3, 0.4) is 0 Å². The molecule has 2 aromatic carbocycles. The number of hydrogen-bond acceptors (Lipinski definition) is 6. The Labute approximate surface area is 149 Å². The van der Waals surface area contributed by atoms with E-state index in [1.54, 1.807) is 31.4 Å². The third-order valence-corrected chi connectivity index (χ3v) is 3.83. The highest BCUT2D eigenvalue weighted by molar-refractivity contribution is 6.32. The molecule has 0 aliphatic rings. The average molecular weight is 359 g/mol. The van der Waals surface area contributed by atoms with Crippen molar-refractivity contribution in [2.24, 2.45) is 0 Å². The van der Waals surface area contributed by atoms with Crippen molar-refractivity contribution in [3.8, 4) is 22.9 Å². The molecule has 0 bridgehead atoms. The molecular weight excluding hydrogens is 344 g/mol. The third kappa shape index (κ3) is 3.77. The van der Waals surface area contributed by atoms with E-state index in [2.05, 4.69) is 15.4 Å². The quantitative estimate of drug-likeness (QED) is 0.630. The summed E-state index contributed by atoms with van der Waals surface area (Å²) in [5, 5.41) is 12.5. The Balaban J connectivity index is 1.76. The molecule has 0 radical (unpaired) electrons. The van der Waals surface area contributed by atoms with Gasteiger partial charge in [0.05, 0.1) is 19.2 Å². The molecule has 0 unspecified atom stereocenters. The first-order chi connectivity index (χ1) is 12.1. The minimum absolute atomic E-state index is 0.0420. The first-order valence-corrected chi connectivity index (χ1v) is 7.77. The Morgan fingerprint density at radius 1 is 1.16 bits per heavy atom. The SMILES string of the molecule is COc1cccc(-c2nnn(CC(=O)c3ccc(OC)c(Cl)c3)n2)c1. The van der Waals surface area contributed by atoms with Crippen molar-refractivity contribution in [1.82, 2.24) is 20.2 Å². The molecule has 0 amide bonds. The van der Waals surface area contributed by atoms with E-state index in [0.29, 0.717) is 27.9 Å². The molecule has 25 heavy (non-hydrogen) atoms. The number of aromatic nitrogens is 4. The van der Waals surface area contributed by atoms with Crippen LogP contribution in [-0.4, -0.2) is 40.2 Å². The summed E-state index contributed by atoms with van der Waals surface area (Å²) in [5.41, 5.74) is 1.21. The van der Waals surface area contributed by atoms with Gasteiger partial charge >= 0.3 is 0 Å². The standard InChI is InChI=1S/C17H15ClN4O3/c1-24-13-5-3-4-12(8-13)17-19-21-22(20-17)10-15(23)11-6-7-16(25-2)14(18)9-11/h3-9H,10H2,1-2H3. The molecule has 0 saturated carbocycles. The van der Waals surface area contributed by atoms with Gasteiger partial charge in [0.25, 0.3) is 0 Å². The molecule has 0 N–H and O–H groups in total. The monoisotopic (exact) mass is 358 g/mol. The molecule has 1 heterocycles. The summed E-state index contributed by atoms with van der Waals surface area (Å²) in [6.07, 6.45) is 0. The van der Waals surface area contributed by atoms with Crippen LogP contribution in [0, 0.1) is 0 Å². The van der Waals surface area contributed by atoms with Crippen LogP contribution in [0.4, 0.5) is 0 Å². The fraction of sp³-hybridized carbons (Fsp3) is 0.176. The van der Waals surface area contributed by atoms with Gasteiger partial charge in [-0.05, 0) is 35.5 Å². The van der Waals surface area contributed by atoms with Crippen LogP contribution in [0.15, 0.2) is 42.5 Å². The van der Waals surface area contributed by atoms with Gasteiger partial charge in [0.15, 0.2) is 5.78 Å². The highest BCUT2D eigenvalue weighted by Crippen LogP contribution is 2.25. The predicted molar refractivity (Wildman–Crippen MR) is 92.1 cm³/mol. The number of methoxy groups -OCH3 is 2. The second-order valence-corrected chi connectivity index (χ2v) is 5.56. The number of hydrogen-bond donors (Lipinski definition) is 0. The van der Waals surface area contributed by atoms with E-state index in [1.807, 2.05) is 18.2 Å². The number of ketones is 1. The first-order valence-electron chi connectivity index (χ1n) is 7.39. The lowest BCUT2D eigenvalue weighted by Gasteiger charge is -2.05. The van der Waals surface area contributed by atoms with Crippen LogP contribution < -0.4 is 9.47 Å². The number of tetrazole rings is 1. The van der Waals surface area contributed by atoms with Crippen molar-refractivity contribution in [3.05, 3.63) is 53.1 Å². The average Bonchev–Trinajstić information content (AvgIpc) is 3.10. The zero-order valence-corrected chi connectivity index (χ0v) is 14.4. The number of nitrogens with zero attached hydrogens (tertiary/aromatic N) is 4. The van der Waals surface area contributed by atoms with Crippen molar-refractivity contribution in [2.45, 2.75) is 6.54 Å². The smallest absolute Gasteiger partial charge is 0.205 e. The van der Waals surface area contributed by atoms with Crippen molar-refractivity contribution in [1.29, 1.82) is 0 Å². The van der Waals surface area contributed by atoms with Crippen molar-refractivity contribution in [3.63, 3.8) is 0 Å². The lowest BCUT2D eigenvalue weighted by atomic mass is 10.1. The minimum atomic E-state index is -0.181. The fourth-order valence-corrected chi connectivity index (χ4v) is 2.51. The fourth-order valence-electron chi connectivity index (χ4n) is 2.25. The number of halogens is 1. The molecule has 3 rings (SSSR count). The Hall–Kier alpha value is -2.93. The second-order valence-electron chi connectivity index (χ2n) is 5.15. The van der Waals surface area contributed by atoms with Crippen LogP contribution in [0.1, 0.15) is 10.4 Å². The third-order valence-electron chi connectivity index (χ3n) is 3.54. The summed E-state index contributed by atoms with van der Waals surface area (Å²) < 4.78 is 10.3. The summed E-state index contributed by atoms with van der Waals surface area (Å²) in [6, 6.07) is 12.1. The zero-order chi connectivity index (χ0) is 17.8. The summed E-state index contributed by atoms with van der Waals surface area (Å²) >= 11 is 6.05. The van der Waals surface area contributed by atoms with Gasteiger partial charge in [-0.1, -0.05) is 23.7 Å². The lowest BCUT2D eigenvalue weighted by molar-refractivity contribution is 0.0961. The molecule has 0 spiro atoms. The first kappa shape index (κ1) is 16.9. The molecular formula is C17H15ClN4O3. The van der Waals surface area contributed by atoms with E-state index < -0.39 is 0 Å². The van der Waals surface area contributed by atoms with Crippen LogP contribution in [0.25, 0.3) is 11.4 Å². The number of rotatable bonds is 6. The Morgan fingerprint density at radius 3 is 2.72 bits per heavy atom. The highest BCUT2D eigenvalue weighted by atomic mass is 35.5. The molecule has 1 aromatic heterocycles. The number of carbonyl (C=O) groups excluding carboxylic acids is 1. The van der Waals surface area contributed by atoms with E-state index in [0.717, 1.165) is 5.56 Å². The maximum Gasteiger partial charge on any atom is 0.205 e. The maximum absolute atomic E-state index is 12.4. The van der Waals surface area contributed by atoms with E-state index in [-0.39, 0.29) is 12.3 Å².